The lowest BCUT2D eigenvalue weighted by Gasteiger charge is -2.36. The second-order valence-electron chi connectivity index (χ2n) is 6.54. The van der Waals surface area contributed by atoms with E-state index in [2.05, 4.69) is 5.32 Å². The van der Waals surface area contributed by atoms with Crippen LogP contribution in [0, 0.1) is 0 Å². The molecule has 2 aromatic carbocycles. The van der Waals surface area contributed by atoms with E-state index in [4.69, 9.17) is 23.2 Å². The molecule has 2 aromatic rings. The van der Waals surface area contributed by atoms with Gasteiger partial charge in [-0.25, -0.2) is 8.42 Å². The molecule has 1 aliphatic rings. The highest BCUT2D eigenvalue weighted by Gasteiger charge is 2.32. The fourth-order valence-corrected chi connectivity index (χ4v) is 5.11. The van der Waals surface area contributed by atoms with Crippen LogP contribution in [-0.2, 0) is 14.8 Å². The first kappa shape index (κ1) is 21.1. The van der Waals surface area contributed by atoms with E-state index < -0.39 is 10.0 Å². The Kier molecular flexibility index (Phi) is 6.62. The highest BCUT2D eigenvalue weighted by atomic mass is 35.5. The Morgan fingerprint density at radius 3 is 2.21 bits per heavy atom. The Balaban J connectivity index is 1.60. The lowest BCUT2D eigenvalue weighted by molar-refractivity contribution is -0.121. The number of carbonyl (C=O) groups excluding carboxylic acids is 1. The van der Waals surface area contributed by atoms with Gasteiger partial charge in [0.05, 0.1) is 11.1 Å². The number of amides is 1. The van der Waals surface area contributed by atoms with Gasteiger partial charge in [0.2, 0.25) is 15.9 Å². The summed E-state index contributed by atoms with van der Waals surface area (Å²) in [7, 11) is -3.65. The molecule has 1 unspecified atom stereocenters. The van der Waals surface area contributed by atoms with Crippen molar-refractivity contribution in [2.45, 2.75) is 17.9 Å². The first-order valence-corrected chi connectivity index (χ1v) is 11.0. The second-order valence-corrected chi connectivity index (χ2v) is 9.29. The van der Waals surface area contributed by atoms with Gasteiger partial charge in [0, 0.05) is 36.9 Å². The van der Waals surface area contributed by atoms with Crippen LogP contribution in [0.4, 0.5) is 5.69 Å². The van der Waals surface area contributed by atoms with Crippen molar-refractivity contribution in [3.63, 3.8) is 0 Å². The van der Waals surface area contributed by atoms with Crippen LogP contribution in [0.15, 0.2) is 53.4 Å². The zero-order chi connectivity index (χ0) is 20.3. The highest BCUT2D eigenvalue weighted by molar-refractivity contribution is 7.89. The van der Waals surface area contributed by atoms with Crippen LogP contribution in [-0.4, -0.2) is 55.8 Å². The lowest BCUT2D eigenvalue weighted by Crippen LogP contribution is -2.53. The Morgan fingerprint density at radius 2 is 1.61 bits per heavy atom. The third-order valence-electron chi connectivity index (χ3n) is 4.77. The summed E-state index contributed by atoms with van der Waals surface area (Å²) in [5.74, 6) is -0.148. The Labute approximate surface area is 175 Å². The summed E-state index contributed by atoms with van der Waals surface area (Å²) in [4.78, 5) is 14.6. The third-order valence-corrected chi connectivity index (χ3v) is 7.42. The van der Waals surface area contributed by atoms with E-state index in [1.54, 1.807) is 42.5 Å². The average molecular weight is 442 g/mol. The summed E-state index contributed by atoms with van der Waals surface area (Å²) in [6, 6.07) is 12.9. The Hall–Kier alpha value is -1.64. The number of sulfonamides is 1. The molecule has 9 heteroatoms. The van der Waals surface area contributed by atoms with E-state index in [-0.39, 0.29) is 21.9 Å². The summed E-state index contributed by atoms with van der Waals surface area (Å²) in [6.07, 6.45) is 0. The van der Waals surface area contributed by atoms with Crippen molar-refractivity contribution < 1.29 is 13.2 Å². The van der Waals surface area contributed by atoms with Crippen molar-refractivity contribution in [2.75, 3.05) is 31.5 Å². The second kappa shape index (κ2) is 8.80. The minimum atomic E-state index is -3.65. The lowest BCUT2D eigenvalue weighted by atomic mass is 10.2. The molecular formula is C19H21Cl2N3O3S. The van der Waals surface area contributed by atoms with Gasteiger partial charge in [0.25, 0.3) is 0 Å². The molecule has 1 atom stereocenters. The zero-order valence-corrected chi connectivity index (χ0v) is 17.6. The molecular weight excluding hydrogens is 421 g/mol. The Bertz CT molecular complexity index is 943. The minimum absolute atomic E-state index is 0.110. The van der Waals surface area contributed by atoms with Crippen LogP contribution >= 0.6 is 23.2 Å². The predicted octanol–water partition coefficient (Wildman–Crippen LogP) is 3.33. The van der Waals surface area contributed by atoms with Crippen LogP contribution in [0.3, 0.4) is 0 Å². The molecule has 1 heterocycles. The van der Waals surface area contributed by atoms with Crippen LogP contribution in [0.25, 0.3) is 0 Å². The number of hydrogen-bond donors (Lipinski definition) is 1. The summed E-state index contributed by atoms with van der Waals surface area (Å²) in [6.45, 7) is 3.32. The Morgan fingerprint density at radius 1 is 1.00 bits per heavy atom. The molecule has 1 aliphatic heterocycles. The van der Waals surface area contributed by atoms with E-state index in [9.17, 15) is 13.2 Å². The van der Waals surface area contributed by atoms with E-state index in [1.807, 2.05) is 11.8 Å². The van der Waals surface area contributed by atoms with E-state index in [0.717, 1.165) is 0 Å². The van der Waals surface area contributed by atoms with Gasteiger partial charge in [-0.15, -0.1) is 0 Å². The van der Waals surface area contributed by atoms with Crippen LogP contribution in [0.5, 0.6) is 0 Å². The normalized spacial score (nSPS) is 17.2. The maximum atomic E-state index is 12.8. The molecule has 0 spiro atoms. The molecule has 1 N–H and O–H groups in total. The molecule has 3 rings (SSSR count). The zero-order valence-electron chi connectivity index (χ0n) is 15.3. The molecule has 0 aliphatic carbocycles. The fraction of sp³-hybridized carbons (Fsp3) is 0.316. The molecule has 1 amide bonds. The maximum absolute atomic E-state index is 12.8. The van der Waals surface area contributed by atoms with Gasteiger partial charge in [-0.2, -0.15) is 4.31 Å². The number of hydrogen-bond acceptors (Lipinski definition) is 4. The molecule has 6 nitrogen and oxygen atoms in total. The van der Waals surface area contributed by atoms with Crippen molar-refractivity contribution in [2.24, 2.45) is 0 Å². The van der Waals surface area contributed by atoms with Gasteiger partial charge in [-0.05, 0) is 43.3 Å². The maximum Gasteiger partial charge on any atom is 0.244 e. The monoisotopic (exact) mass is 441 g/mol. The number of carbonyl (C=O) groups is 1. The first-order chi connectivity index (χ1) is 13.3. The molecule has 0 aromatic heterocycles. The molecule has 0 radical (unpaired) electrons. The van der Waals surface area contributed by atoms with Crippen LogP contribution < -0.4 is 5.32 Å². The topological polar surface area (TPSA) is 69.7 Å². The summed E-state index contributed by atoms with van der Waals surface area (Å²) in [5.41, 5.74) is 0.668. The largest absolute Gasteiger partial charge is 0.325 e. The summed E-state index contributed by atoms with van der Waals surface area (Å²) in [5, 5.41) is 3.66. The molecule has 150 valence electrons. The van der Waals surface area contributed by atoms with Gasteiger partial charge in [0.1, 0.15) is 4.90 Å². The summed E-state index contributed by atoms with van der Waals surface area (Å²) < 4.78 is 27.1. The predicted molar refractivity (Wildman–Crippen MR) is 111 cm³/mol. The highest BCUT2D eigenvalue weighted by Crippen LogP contribution is 2.25. The molecule has 1 fully saturated rings. The van der Waals surface area contributed by atoms with Crippen LogP contribution in [0.2, 0.25) is 10.0 Å². The fourth-order valence-electron chi connectivity index (χ4n) is 3.07. The number of halogens is 2. The SMILES string of the molecule is CC(C(=O)Nc1ccc(Cl)cc1)N1CCN(S(=O)(=O)c2ccccc2Cl)CC1. The van der Waals surface area contributed by atoms with Crippen molar-refractivity contribution in [3.8, 4) is 0 Å². The van der Waals surface area contributed by atoms with Gasteiger partial charge < -0.3 is 5.32 Å². The van der Waals surface area contributed by atoms with Gasteiger partial charge in [-0.3, -0.25) is 9.69 Å². The first-order valence-electron chi connectivity index (χ1n) is 8.84. The van der Waals surface area contributed by atoms with E-state index in [0.29, 0.717) is 36.9 Å². The standard InChI is InChI=1S/C19H21Cl2N3O3S/c1-14(19(25)22-16-8-6-15(20)7-9-16)23-10-12-24(13-11-23)28(26,27)18-5-3-2-4-17(18)21/h2-9,14H,10-13H2,1H3,(H,22,25). The smallest absolute Gasteiger partial charge is 0.244 e. The van der Waals surface area contributed by atoms with E-state index >= 15 is 0 Å². The number of rotatable bonds is 5. The van der Waals surface area contributed by atoms with Gasteiger partial charge in [0.15, 0.2) is 0 Å². The number of nitrogens with one attached hydrogen (secondary N) is 1. The minimum Gasteiger partial charge on any atom is -0.325 e. The third kappa shape index (κ3) is 4.67. The van der Waals surface area contributed by atoms with Gasteiger partial charge in [-0.1, -0.05) is 35.3 Å². The number of anilines is 1. The number of piperazine rings is 1. The molecule has 28 heavy (non-hydrogen) atoms. The number of benzene rings is 2. The quantitative estimate of drug-likeness (QED) is 0.772. The van der Waals surface area contributed by atoms with Crippen molar-refractivity contribution in [1.82, 2.24) is 9.21 Å². The molecule has 0 bridgehead atoms. The van der Waals surface area contributed by atoms with Crippen LogP contribution in [0.1, 0.15) is 6.92 Å². The number of nitrogens with zero attached hydrogens (tertiary/aromatic N) is 2. The molecule has 0 saturated carbocycles. The van der Waals surface area contributed by atoms with E-state index in [1.165, 1.54) is 10.4 Å². The van der Waals surface area contributed by atoms with Crippen molar-refractivity contribution >= 4 is 44.8 Å². The molecule has 1 saturated heterocycles. The average Bonchev–Trinajstić information content (AvgIpc) is 2.69. The van der Waals surface area contributed by atoms with Crippen molar-refractivity contribution in [1.29, 1.82) is 0 Å². The van der Waals surface area contributed by atoms with Crippen molar-refractivity contribution in [3.05, 3.63) is 58.6 Å². The summed E-state index contributed by atoms with van der Waals surface area (Å²) >= 11 is 11.9. The van der Waals surface area contributed by atoms with Gasteiger partial charge >= 0.3 is 0 Å².